The second-order valence-corrected chi connectivity index (χ2v) is 2.55. The molecule has 1 nitrogen and oxygen atoms in total. The zero-order valence-electron chi connectivity index (χ0n) is 7.12. The number of nitrogens with zero attached hydrogens (tertiary/aromatic N) is 1. The van der Waals surface area contributed by atoms with Crippen LogP contribution in [0.5, 0.6) is 0 Å². The molecule has 0 bridgehead atoms. The molecule has 1 aromatic carbocycles. The fourth-order valence-electron chi connectivity index (χ4n) is 0.964. The Kier molecular flexibility index (Phi) is 3.10. The minimum Gasteiger partial charge on any atom is -0.193 e. The minimum atomic E-state index is 0.797. The third-order valence-corrected chi connectivity index (χ3v) is 1.66. The molecule has 0 atom stereocenters. The maximum atomic E-state index is 8.67. The van der Waals surface area contributed by atoms with Gasteiger partial charge in [-0.2, -0.15) is 5.26 Å². The standard InChI is InChI=1S/C11H11N/c1-2-10(9-12)8-11-6-4-3-5-7-11/h3-8H,2H2,1H3/b10-8+. The van der Waals surface area contributed by atoms with Gasteiger partial charge in [-0.1, -0.05) is 37.3 Å². The van der Waals surface area contributed by atoms with Crippen LogP contribution >= 0.6 is 0 Å². The largest absolute Gasteiger partial charge is 0.193 e. The molecule has 60 valence electrons. The highest BCUT2D eigenvalue weighted by atomic mass is 14.2. The summed E-state index contributed by atoms with van der Waals surface area (Å²) in [6.45, 7) is 1.98. The first kappa shape index (κ1) is 8.55. The molecule has 12 heavy (non-hydrogen) atoms. The van der Waals surface area contributed by atoms with Crippen LogP contribution in [0, 0.1) is 11.3 Å². The van der Waals surface area contributed by atoms with Crippen molar-refractivity contribution in [1.29, 1.82) is 5.26 Å². The average molecular weight is 157 g/mol. The third kappa shape index (κ3) is 2.25. The molecule has 0 fully saturated rings. The molecular weight excluding hydrogens is 146 g/mol. The summed E-state index contributed by atoms with van der Waals surface area (Å²) < 4.78 is 0. The molecule has 1 rings (SSSR count). The summed E-state index contributed by atoms with van der Waals surface area (Å²) in [6.07, 6.45) is 2.71. The van der Waals surface area contributed by atoms with Gasteiger partial charge in [0.05, 0.1) is 6.07 Å². The van der Waals surface area contributed by atoms with E-state index in [4.69, 9.17) is 5.26 Å². The molecule has 0 heterocycles. The van der Waals surface area contributed by atoms with Crippen LogP contribution in [-0.2, 0) is 0 Å². The molecule has 0 radical (unpaired) electrons. The number of allylic oxidation sites excluding steroid dienone is 1. The van der Waals surface area contributed by atoms with Gasteiger partial charge in [0.25, 0.3) is 0 Å². The van der Waals surface area contributed by atoms with Gasteiger partial charge < -0.3 is 0 Å². The van der Waals surface area contributed by atoms with E-state index < -0.39 is 0 Å². The van der Waals surface area contributed by atoms with Crippen molar-refractivity contribution in [3.63, 3.8) is 0 Å². The summed E-state index contributed by atoms with van der Waals surface area (Å²) >= 11 is 0. The maximum Gasteiger partial charge on any atom is 0.0947 e. The van der Waals surface area contributed by atoms with Crippen molar-refractivity contribution < 1.29 is 0 Å². The average Bonchev–Trinajstić information content (AvgIpc) is 2.16. The Morgan fingerprint density at radius 3 is 2.58 bits per heavy atom. The van der Waals surface area contributed by atoms with Gasteiger partial charge in [-0.25, -0.2) is 0 Å². The Bertz CT molecular complexity index is 304. The van der Waals surface area contributed by atoms with Crippen molar-refractivity contribution in [2.45, 2.75) is 13.3 Å². The van der Waals surface area contributed by atoms with E-state index >= 15 is 0 Å². The molecule has 0 saturated carbocycles. The second-order valence-electron chi connectivity index (χ2n) is 2.55. The monoisotopic (exact) mass is 157 g/mol. The molecule has 0 aliphatic heterocycles. The van der Waals surface area contributed by atoms with E-state index in [1.165, 1.54) is 0 Å². The topological polar surface area (TPSA) is 23.8 Å². The molecular formula is C11H11N. The molecule has 1 heteroatoms. The highest BCUT2D eigenvalue weighted by molar-refractivity contribution is 5.56. The number of hydrogen-bond donors (Lipinski definition) is 0. The summed E-state index contributed by atoms with van der Waals surface area (Å²) in [5.41, 5.74) is 1.91. The van der Waals surface area contributed by atoms with E-state index in [-0.39, 0.29) is 0 Å². The molecule has 0 aliphatic rings. The maximum absolute atomic E-state index is 8.67. The van der Waals surface area contributed by atoms with Gasteiger partial charge in [0.1, 0.15) is 0 Å². The van der Waals surface area contributed by atoms with Crippen molar-refractivity contribution >= 4 is 6.08 Å². The predicted octanol–water partition coefficient (Wildman–Crippen LogP) is 3.00. The highest BCUT2D eigenvalue weighted by Crippen LogP contribution is 2.07. The predicted molar refractivity (Wildman–Crippen MR) is 50.3 cm³/mol. The van der Waals surface area contributed by atoms with Gasteiger partial charge in [-0.15, -0.1) is 0 Å². The molecule has 1 aromatic rings. The van der Waals surface area contributed by atoms with E-state index in [0.717, 1.165) is 17.6 Å². The van der Waals surface area contributed by atoms with Gasteiger partial charge in [-0.05, 0) is 18.1 Å². The lowest BCUT2D eigenvalue weighted by atomic mass is 10.1. The van der Waals surface area contributed by atoms with E-state index in [1.54, 1.807) is 0 Å². The summed E-state index contributed by atoms with van der Waals surface area (Å²) in [5, 5.41) is 8.67. The Hall–Kier alpha value is -1.55. The molecule has 0 amide bonds. The van der Waals surface area contributed by atoms with Gasteiger partial charge in [0.15, 0.2) is 0 Å². The van der Waals surface area contributed by atoms with Gasteiger partial charge in [-0.3, -0.25) is 0 Å². The van der Waals surface area contributed by atoms with Crippen molar-refractivity contribution in [2.24, 2.45) is 0 Å². The van der Waals surface area contributed by atoms with Crippen molar-refractivity contribution in [3.8, 4) is 6.07 Å². The van der Waals surface area contributed by atoms with Gasteiger partial charge in [0, 0.05) is 5.57 Å². The fraction of sp³-hybridized carbons (Fsp3) is 0.182. The second kappa shape index (κ2) is 4.35. The summed E-state index contributed by atoms with van der Waals surface area (Å²) in [5.74, 6) is 0. The molecule has 0 aromatic heterocycles. The minimum absolute atomic E-state index is 0.797. The Balaban J connectivity index is 2.88. The Morgan fingerprint density at radius 1 is 1.42 bits per heavy atom. The zero-order chi connectivity index (χ0) is 8.81. The molecule has 0 saturated heterocycles. The molecule has 0 N–H and O–H groups in total. The van der Waals surface area contributed by atoms with E-state index in [9.17, 15) is 0 Å². The van der Waals surface area contributed by atoms with Crippen molar-refractivity contribution in [2.75, 3.05) is 0 Å². The molecule has 0 spiro atoms. The van der Waals surface area contributed by atoms with E-state index in [0.29, 0.717) is 0 Å². The number of hydrogen-bond acceptors (Lipinski definition) is 1. The van der Waals surface area contributed by atoms with Crippen LogP contribution in [0.2, 0.25) is 0 Å². The number of rotatable bonds is 2. The van der Waals surface area contributed by atoms with Crippen molar-refractivity contribution in [1.82, 2.24) is 0 Å². The first-order chi connectivity index (χ1) is 5.86. The SMILES string of the molecule is CC/C(C#N)=C\c1ccccc1. The molecule has 0 unspecified atom stereocenters. The first-order valence-electron chi connectivity index (χ1n) is 4.02. The molecule has 0 aliphatic carbocycles. The summed E-state index contributed by atoms with van der Waals surface area (Å²) in [6, 6.07) is 12.1. The van der Waals surface area contributed by atoms with Crippen LogP contribution in [-0.4, -0.2) is 0 Å². The quantitative estimate of drug-likeness (QED) is 0.605. The van der Waals surface area contributed by atoms with Crippen LogP contribution in [0.15, 0.2) is 35.9 Å². The van der Waals surface area contributed by atoms with Gasteiger partial charge >= 0.3 is 0 Å². The summed E-state index contributed by atoms with van der Waals surface area (Å²) in [4.78, 5) is 0. The number of nitriles is 1. The Morgan fingerprint density at radius 2 is 2.08 bits per heavy atom. The van der Waals surface area contributed by atoms with Crippen molar-refractivity contribution in [3.05, 3.63) is 41.5 Å². The van der Waals surface area contributed by atoms with Crippen LogP contribution in [0.25, 0.3) is 6.08 Å². The number of benzene rings is 1. The van der Waals surface area contributed by atoms with Crippen LogP contribution in [0.1, 0.15) is 18.9 Å². The summed E-state index contributed by atoms with van der Waals surface area (Å²) in [7, 11) is 0. The highest BCUT2D eigenvalue weighted by Gasteiger charge is 1.90. The van der Waals surface area contributed by atoms with E-state index in [2.05, 4.69) is 6.07 Å². The van der Waals surface area contributed by atoms with Crippen LogP contribution in [0.3, 0.4) is 0 Å². The van der Waals surface area contributed by atoms with Crippen LogP contribution in [0.4, 0.5) is 0 Å². The van der Waals surface area contributed by atoms with Crippen LogP contribution < -0.4 is 0 Å². The Labute approximate surface area is 73.0 Å². The lowest BCUT2D eigenvalue weighted by Crippen LogP contribution is -1.75. The normalized spacial score (nSPS) is 10.8. The fourth-order valence-corrected chi connectivity index (χ4v) is 0.964. The van der Waals surface area contributed by atoms with E-state index in [1.807, 2.05) is 43.3 Å². The smallest absolute Gasteiger partial charge is 0.0947 e. The first-order valence-corrected chi connectivity index (χ1v) is 4.02. The van der Waals surface area contributed by atoms with Gasteiger partial charge in [0.2, 0.25) is 0 Å². The lowest BCUT2D eigenvalue weighted by Gasteiger charge is -1.93. The zero-order valence-corrected chi connectivity index (χ0v) is 7.12. The lowest BCUT2D eigenvalue weighted by molar-refractivity contribution is 1.16. The third-order valence-electron chi connectivity index (χ3n) is 1.66.